The van der Waals surface area contributed by atoms with Crippen molar-refractivity contribution in [1.82, 2.24) is 10.2 Å². The molecule has 0 saturated carbocycles. The summed E-state index contributed by atoms with van der Waals surface area (Å²) in [7, 11) is 1.59. The number of methoxy groups -OCH3 is 1. The molecular weight excluding hydrogens is 337 g/mol. The van der Waals surface area contributed by atoms with Crippen LogP contribution in [0.4, 0.5) is 14.9 Å². The average Bonchev–Trinajstić information content (AvgIpc) is 2.67. The first-order valence-corrected chi connectivity index (χ1v) is 8.46. The molecule has 0 spiro atoms. The van der Waals surface area contributed by atoms with Gasteiger partial charge in [0.1, 0.15) is 23.9 Å². The number of hydrogen-bond acceptors (Lipinski definition) is 4. The summed E-state index contributed by atoms with van der Waals surface area (Å²) >= 11 is 0. The Hall–Kier alpha value is -2.80. The second kappa shape index (κ2) is 8.53. The van der Waals surface area contributed by atoms with Crippen LogP contribution in [0, 0.1) is 5.82 Å². The Morgan fingerprint density at radius 2 is 2.08 bits per heavy atom. The van der Waals surface area contributed by atoms with Crippen molar-refractivity contribution < 1.29 is 18.7 Å². The molecule has 26 heavy (non-hydrogen) atoms. The molecule has 2 aromatic carbocycles. The molecule has 2 amide bonds. The number of rotatable bonds is 5. The second-order valence-electron chi connectivity index (χ2n) is 5.98. The number of carbonyl (C=O) groups excluding carboxylic acids is 1. The van der Waals surface area contributed by atoms with E-state index in [4.69, 9.17) is 9.47 Å². The van der Waals surface area contributed by atoms with E-state index in [0.717, 1.165) is 5.75 Å². The van der Waals surface area contributed by atoms with Crippen LogP contribution in [0.15, 0.2) is 48.5 Å². The summed E-state index contributed by atoms with van der Waals surface area (Å²) in [6.07, 6.45) is 0. The van der Waals surface area contributed by atoms with Crippen molar-refractivity contribution in [2.75, 3.05) is 38.7 Å². The van der Waals surface area contributed by atoms with Gasteiger partial charge in [-0.05, 0) is 36.4 Å². The van der Waals surface area contributed by atoms with Crippen molar-refractivity contribution in [3.8, 4) is 11.5 Å². The lowest BCUT2D eigenvalue weighted by Crippen LogP contribution is -2.57. The maximum atomic E-state index is 13.3. The molecular formula is C19H22FN3O3. The Morgan fingerprint density at radius 1 is 1.27 bits per heavy atom. The summed E-state index contributed by atoms with van der Waals surface area (Å²) in [6, 6.07) is 12.8. The van der Waals surface area contributed by atoms with E-state index in [1.54, 1.807) is 48.4 Å². The number of piperazine rings is 1. The molecule has 138 valence electrons. The van der Waals surface area contributed by atoms with Gasteiger partial charge in [-0.15, -0.1) is 0 Å². The third-order valence-electron chi connectivity index (χ3n) is 4.19. The maximum absolute atomic E-state index is 13.3. The van der Waals surface area contributed by atoms with Gasteiger partial charge in [0, 0.05) is 31.4 Å². The first-order chi connectivity index (χ1) is 12.7. The molecule has 0 bridgehead atoms. The summed E-state index contributed by atoms with van der Waals surface area (Å²) in [6.45, 7) is 2.18. The number of halogens is 1. The molecule has 1 unspecified atom stereocenters. The third kappa shape index (κ3) is 4.64. The number of ether oxygens (including phenoxy) is 2. The van der Waals surface area contributed by atoms with E-state index in [1.165, 1.54) is 12.1 Å². The standard InChI is InChI=1S/C19H22FN3O3/c1-25-17-7-5-15(6-8-17)22-19(24)23-10-9-21-12-16(23)13-26-18-4-2-3-14(20)11-18/h2-8,11,16,21H,9-10,12-13H2,1H3,(H,22,24). The van der Waals surface area contributed by atoms with E-state index in [-0.39, 0.29) is 24.5 Å². The zero-order chi connectivity index (χ0) is 18.4. The minimum atomic E-state index is -0.349. The average molecular weight is 359 g/mol. The van der Waals surface area contributed by atoms with E-state index >= 15 is 0 Å². The summed E-state index contributed by atoms with van der Waals surface area (Å²) in [4.78, 5) is 14.4. The fourth-order valence-corrected chi connectivity index (χ4v) is 2.80. The quantitative estimate of drug-likeness (QED) is 0.862. The highest BCUT2D eigenvalue weighted by molar-refractivity contribution is 5.89. The van der Waals surface area contributed by atoms with Gasteiger partial charge in [-0.1, -0.05) is 6.07 Å². The Bertz CT molecular complexity index is 739. The molecule has 1 aliphatic rings. The van der Waals surface area contributed by atoms with Gasteiger partial charge in [-0.3, -0.25) is 0 Å². The monoisotopic (exact) mass is 359 g/mol. The van der Waals surface area contributed by atoms with E-state index in [1.807, 2.05) is 0 Å². The van der Waals surface area contributed by atoms with Gasteiger partial charge in [-0.25, -0.2) is 9.18 Å². The van der Waals surface area contributed by atoms with Crippen molar-refractivity contribution >= 4 is 11.7 Å². The highest BCUT2D eigenvalue weighted by Gasteiger charge is 2.27. The SMILES string of the molecule is COc1ccc(NC(=O)N2CCNCC2COc2cccc(F)c2)cc1. The van der Waals surface area contributed by atoms with E-state index in [9.17, 15) is 9.18 Å². The number of nitrogens with zero attached hydrogens (tertiary/aromatic N) is 1. The van der Waals surface area contributed by atoms with Crippen LogP contribution in [0.2, 0.25) is 0 Å². The molecule has 1 heterocycles. The van der Waals surface area contributed by atoms with E-state index in [0.29, 0.717) is 31.1 Å². The lowest BCUT2D eigenvalue weighted by Gasteiger charge is -2.36. The van der Waals surface area contributed by atoms with Crippen molar-refractivity contribution in [2.45, 2.75) is 6.04 Å². The molecule has 1 saturated heterocycles. The van der Waals surface area contributed by atoms with Gasteiger partial charge in [0.2, 0.25) is 0 Å². The van der Waals surface area contributed by atoms with Gasteiger partial charge >= 0.3 is 6.03 Å². The number of carbonyl (C=O) groups is 1. The number of urea groups is 1. The molecule has 1 atom stereocenters. The smallest absolute Gasteiger partial charge is 0.322 e. The van der Waals surface area contributed by atoms with E-state index in [2.05, 4.69) is 10.6 Å². The zero-order valence-corrected chi connectivity index (χ0v) is 14.6. The molecule has 1 aliphatic heterocycles. The summed E-state index contributed by atoms with van der Waals surface area (Å²) in [5.74, 6) is 0.830. The third-order valence-corrected chi connectivity index (χ3v) is 4.19. The normalized spacial score (nSPS) is 16.8. The Labute approximate surface area is 151 Å². The largest absolute Gasteiger partial charge is 0.497 e. The van der Waals surface area contributed by atoms with E-state index < -0.39 is 0 Å². The molecule has 3 rings (SSSR count). The van der Waals surface area contributed by atoms with Crippen molar-refractivity contribution in [2.24, 2.45) is 0 Å². The number of nitrogens with one attached hydrogen (secondary N) is 2. The number of amides is 2. The molecule has 0 aliphatic carbocycles. The molecule has 0 aromatic heterocycles. The summed E-state index contributed by atoms with van der Waals surface area (Å²) in [5.41, 5.74) is 0.694. The molecule has 1 fully saturated rings. The lowest BCUT2D eigenvalue weighted by atomic mass is 10.2. The molecule has 2 aromatic rings. The minimum Gasteiger partial charge on any atom is -0.497 e. The summed E-state index contributed by atoms with van der Waals surface area (Å²) in [5, 5.41) is 6.14. The molecule has 6 nitrogen and oxygen atoms in total. The van der Waals surface area contributed by atoms with Gasteiger partial charge in [-0.2, -0.15) is 0 Å². The zero-order valence-electron chi connectivity index (χ0n) is 14.6. The van der Waals surface area contributed by atoms with Crippen LogP contribution >= 0.6 is 0 Å². The number of anilines is 1. The van der Waals surface area contributed by atoms with Crippen LogP contribution in [-0.2, 0) is 0 Å². The Balaban J connectivity index is 1.60. The van der Waals surface area contributed by atoms with Crippen LogP contribution in [-0.4, -0.2) is 50.3 Å². The fourth-order valence-electron chi connectivity index (χ4n) is 2.80. The molecule has 0 radical (unpaired) electrons. The topological polar surface area (TPSA) is 62.8 Å². The van der Waals surface area contributed by atoms with Crippen molar-refractivity contribution in [3.05, 3.63) is 54.3 Å². The van der Waals surface area contributed by atoms with Crippen LogP contribution in [0.1, 0.15) is 0 Å². The molecule has 7 heteroatoms. The number of hydrogen-bond donors (Lipinski definition) is 2. The second-order valence-corrected chi connectivity index (χ2v) is 5.98. The first kappa shape index (κ1) is 18.0. The van der Waals surface area contributed by atoms with Crippen LogP contribution in [0.3, 0.4) is 0 Å². The first-order valence-electron chi connectivity index (χ1n) is 8.46. The highest BCUT2D eigenvalue weighted by atomic mass is 19.1. The van der Waals surface area contributed by atoms with Crippen molar-refractivity contribution in [3.63, 3.8) is 0 Å². The Kier molecular flexibility index (Phi) is 5.91. The minimum absolute atomic E-state index is 0.148. The lowest BCUT2D eigenvalue weighted by molar-refractivity contribution is 0.133. The fraction of sp³-hybridized carbons (Fsp3) is 0.316. The van der Waals surface area contributed by atoms with Gasteiger partial charge in [0.15, 0.2) is 0 Å². The Morgan fingerprint density at radius 3 is 2.81 bits per heavy atom. The van der Waals surface area contributed by atoms with Crippen molar-refractivity contribution in [1.29, 1.82) is 0 Å². The predicted octanol–water partition coefficient (Wildman–Crippen LogP) is 2.72. The predicted molar refractivity (Wildman–Crippen MR) is 97.3 cm³/mol. The van der Waals surface area contributed by atoms with Crippen LogP contribution in [0.5, 0.6) is 11.5 Å². The molecule has 2 N–H and O–H groups in total. The van der Waals surface area contributed by atoms with Gasteiger partial charge < -0.3 is 25.0 Å². The number of benzene rings is 2. The van der Waals surface area contributed by atoms with Gasteiger partial charge in [0.05, 0.1) is 13.2 Å². The van der Waals surface area contributed by atoms with Crippen LogP contribution < -0.4 is 20.1 Å². The van der Waals surface area contributed by atoms with Crippen LogP contribution in [0.25, 0.3) is 0 Å². The summed E-state index contributed by atoms with van der Waals surface area (Å²) < 4.78 is 24.0. The highest BCUT2D eigenvalue weighted by Crippen LogP contribution is 2.17. The van der Waals surface area contributed by atoms with Gasteiger partial charge in [0.25, 0.3) is 0 Å². The maximum Gasteiger partial charge on any atom is 0.322 e.